The number of hydrogen-bond acceptors (Lipinski definition) is 2. The molecule has 0 aliphatic rings. The summed E-state index contributed by atoms with van der Waals surface area (Å²) in [4.78, 5) is 0. The summed E-state index contributed by atoms with van der Waals surface area (Å²) in [6.45, 7) is 4.50. The van der Waals surface area contributed by atoms with Crippen molar-refractivity contribution in [3.05, 3.63) is 20.8 Å². The van der Waals surface area contributed by atoms with Crippen LogP contribution in [-0.4, -0.2) is 13.1 Å². The molecule has 1 rings (SSSR count). The minimum absolute atomic E-state index is 0.585. The minimum atomic E-state index is 0.585. The molecule has 0 saturated carbocycles. The van der Waals surface area contributed by atoms with Gasteiger partial charge in [-0.1, -0.05) is 6.92 Å². The fraction of sp³-hybridized carbons (Fsp3) is 0.600. The van der Waals surface area contributed by atoms with Gasteiger partial charge in [-0.05, 0) is 53.2 Å². The van der Waals surface area contributed by atoms with E-state index in [-0.39, 0.29) is 0 Å². The van der Waals surface area contributed by atoms with Gasteiger partial charge in [0.2, 0.25) is 0 Å². The van der Waals surface area contributed by atoms with Crippen molar-refractivity contribution in [3.8, 4) is 0 Å². The largest absolute Gasteiger partial charge is 0.317 e. The molecule has 0 saturated heterocycles. The van der Waals surface area contributed by atoms with Crippen LogP contribution in [0.4, 0.5) is 0 Å². The molecule has 0 aliphatic heterocycles. The SMILES string of the molecule is CNC(C)CC(C)c1cscc1Br. The molecule has 0 amide bonds. The van der Waals surface area contributed by atoms with Gasteiger partial charge in [0.05, 0.1) is 0 Å². The second kappa shape index (κ2) is 5.13. The van der Waals surface area contributed by atoms with Crippen molar-refractivity contribution in [2.75, 3.05) is 7.05 Å². The Hall–Kier alpha value is 0.140. The third-order valence-corrected chi connectivity index (χ3v) is 4.12. The molecule has 1 aromatic rings. The van der Waals surface area contributed by atoms with Crippen molar-refractivity contribution in [2.45, 2.75) is 32.2 Å². The lowest BCUT2D eigenvalue weighted by Crippen LogP contribution is -2.22. The van der Waals surface area contributed by atoms with Crippen LogP contribution in [0.1, 0.15) is 31.7 Å². The summed E-state index contributed by atoms with van der Waals surface area (Å²) in [6.07, 6.45) is 1.19. The standard InChI is InChI=1S/C10H16BrNS/c1-7(4-8(2)12-3)9-5-13-6-10(9)11/h5-8,12H,4H2,1-3H3. The van der Waals surface area contributed by atoms with E-state index in [1.54, 1.807) is 11.3 Å². The summed E-state index contributed by atoms with van der Waals surface area (Å²) in [5.41, 5.74) is 1.44. The fourth-order valence-electron chi connectivity index (χ4n) is 1.42. The molecule has 0 bridgehead atoms. The van der Waals surface area contributed by atoms with Crippen LogP contribution < -0.4 is 5.32 Å². The van der Waals surface area contributed by atoms with Crippen molar-refractivity contribution in [1.82, 2.24) is 5.32 Å². The number of rotatable bonds is 4. The minimum Gasteiger partial charge on any atom is -0.317 e. The molecule has 0 spiro atoms. The maximum atomic E-state index is 3.57. The Morgan fingerprint density at radius 2 is 2.15 bits per heavy atom. The average molecular weight is 262 g/mol. The Balaban J connectivity index is 2.58. The molecule has 1 N–H and O–H groups in total. The molecule has 0 aliphatic carbocycles. The van der Waals surface area contributed by atoms with Gasteiger partial charge in [-0.25, -0.2) is 0 Å². The van der Waals surface area contributed by atoms with Crippen LogP contribution in [-0.2, 0) is 0 Å². The molecule has 1 nitrogen and oxygen atoms in total. The van der Waals surface area contributed by atoms with Crippen LogP contribution in [0.25, 0.3) is 0 Å². The van der Waals surface area contributed by atoms with E-state index in [1.165, 1.54) is 16.5 Å². The number of thiophene rings is 1. The number of hydrogen-bond donors (Lipinski definition) is 1. The number of nitrogens with one attached hydrogen (secondary N) is 1. The van der Waals surface area contributed by atoms with Crippen LogP contribution in [0.3, 0.4) is 0 Å². The van der Waals surface area contributed by atoms with Gasteiger partial charge in [0.1, 0.15) is 0 Å². The predicted molar refractivity (Wildman–Crippen MR) is 63.6 cm³/mol. The zero-order valence-corrected chi connectivity index (χ0v) is 10.7. The van der Waals surface area contributed by atoms with E-state index in [1.807, 2.05) is 7.05 Å². The third kappa shape index (κ3) is 3.08. The van der Waals surface area contributed by atoms with E-state index in [0.717, 1.165) is 0 Å². The van der Waals surface area contributed by atoms with Gasteiger partial charge < -0.3 is 5.32 Å². The van der Waals surface area contributed by atoms with E-state index >= 15 is 0 Å². The van der Waals surface area contributed by atoms with Crippen LogP contribution in [0, 0.1) is 0 Å². The van der Waals surface area contributed by atoms with Gasteiger partial charge in [-0.3, -0.25) is 0 Å². The topological polar surface area (TPSA) is 12.0 Å². The van der Waals surface area contributed by atoms with Crippen LogP contribution in [0.15, 0.2) is 15.2 Å². The quantitative estimate of drug-likeness (QED) is 0.874. The van der Waals surface area contributed by atoms with Crippen LogP contribution in [0.5, 0.6) is 0 Å². The maximum absolute atomic E-state index is 3.57. The molecular weight excluding hydrogens is 246 g/mol. The molecule has 0 aromatic carbocycles. The van der Waals surface area contributed by atoms with E-state index in [9.17, 15) is 0 Å². The molecule has 1 heterocycles. The van der Waals surface area contributed by atoms with E-state index < -0.39 is 0 Å². The first-order chi connectivity index (χ1) is 6.15. The van der Waals surface area contributed by atoms with Crippen molar-refractivity contribution in [3.63, 3.8) is 0 Å². The highest BCUT2D eigenvalue weighted by molar-refractivity contribution is 9.10. The highest BCUT2D eigenvalue weighted by Crippen LogP contribution is 2.30. The zero-order valence-electron chi connectivity index (χ0n) is 8.30. The van der Waals surface area contributed by atoms with Gasteiger partial charge in [0.25, 0.3) is 0 Å². The summed E-state index contributed by atoms with van der Waals surface area (Å²) in [5, 5.41) is 7.65. The average Bonchev–Trinajstić information content (AvgIpc) is 2.51. The smallest absolute Gasteiger partial charge is 0.0317 e. The normalized spacial score (nSPS) is 15.7. The Morgan fingerprint density at radius 1 is 1.46 bits per heavy atom. The lowest BCUT2D eigenvalue weighted by atomic mass is 9.97. The third-order valence-electron chi connectivity index (χ3n) is 2.37. The van der Waals surface area contributed by atoms with Crippen molar-refractivity contribution in [1.29, 1.82) is 0 Å². The first-order valence-electron chi connectivity index (χ1n) is 4.54. The maximum Gasteiger partial charge on any atom is 0.0317 e. The summed E-state index contributed by atoms with van der Waals surface area (Å²) < 4.78 is 1.26. The van der Waals surface area contributed by atoms with Crippen LogP contribution in [0.2, 0.25) is 0 Å². The predicted octanol–water partition coefficient (Wildman–Crippen LogP) is 3.61. The first-order valence-corrected chi connectivity index (χ1v) is 6.27. The van der Waals surface area contributed by atoms with Gasteiger partial charge in [0.15, 0.2) is 0 Å². The Morgan fingerprint density at radius 3 is 2.62 bits per heavy atom. The molecular formula is C10H16BrNS. The highest BCUT2D eigenvalue weighted by Gasteiger charge is 2.12. The molecule has 3 heteroatoms. The fourth-order valence-corrected chi connectivity index (χ4v) is 3.23. The monoisotopic (exact) mass is 261 g/mol. The van der Waals surface area contributed by atoms with Crippen molar-refractivity contribution < 1.29 is 0 Å². The summed E-state index contributed by atoms with van der Waals surface area (Å²) in [5.74, 6) is 0.628. The van der Waals surface area contributed by atoms with E-state index in [0.29, 0.717) is 12.0 Å². The van der Waals surface area contributed by atoms with Crippen LogP contribution >= 0.6 is 27.3 Å². The van der Waals surface area contributed by atoms with Crippen molar-refractivity contribution in [2.24, 2.45) is 0 Å². The lowest BCUT2D eigenvalue weighted by Gasteiger charge is -2.16. The molecule has 2 unspecified atom stereocenters. The van der Waals surface area contributed by atoms with Gasteiger partial charge in [-0.2, -0.15) is 11.3 Å². The number of halogens is 1. The molecule has 1 aromatic heterocycles. The lowest BCUT2D eigenvalue weighted by molar-refractivity contribution is 0.516. The van der Waals surface area contributed by atoms with E-state index in [2.05, 4.69) is 45.9 Å². The molecule has 74 valence electrons. The Bertz CT molecular complexity index is 259. The van der Waals surface area contributed by atoms with Crippen molar-refractivity contribution >= 4 is 27.3 Å². The second-order valence-corrected chi connectivity index (χ2v) is 5.10. The first kappa shape index (κ1) is 11.2. The summed E-state index contributed by atoms with van der Waals surface area (Å²) >= 11 is 5.33. The van der Waals surface area contributed by atoms with Gasteiger partial charge in [0, 0.05) is 15.9 Å². The zero-order chi connectivity index (χ0) is 9.84. The second-order valence-electron chi connectivity index (χ2n) is 3.50. The Labute approximate surface area is 92.7 Å². The van der Waals surface area contributed by atoms with Gasteiger partial charge >= 0.3 is 0 Å². The van der Waals surface area contributed by atoms with Gasteiger partial charge in [-0.15, -0.1) is 0 Å². The van der Waals surface area contributed by atoms with E-state index in [4.69, 9.17) is 0 Å². The molecule has 0 radical (unpaired) electrons. The summed E-state index contributed by atoms with van der Waals surface area (Å²) in [6, 6.07) is 0.585. The molecule has 2 atom stereocenters. The molecule has 13 heavy (non-hydrogen) atoms. The highest BCUT2D eigenvalue weighted by atomic mass is 79.9. The summed E-state index contributed by atoms with van der Waals surface area (Å²) in [7, 11) is 2.01. The Kier molecular flexibility index (Phi) is 4.42. The molecule has 0 fully saturated rings.